The molecule has 0 spiro atoms. The molecule has 0 radical (unpaired) electrons. The Morgan fingerprint density at radius 1 is 1.37 bits per heavy atom. The first kappa shape index (κ1) is 13.3. The van der Waals surface area contributed by atoms with E-state index in [4.69, 9.17) is 0 Å². The van der Waals surface area contributed by atoms with Gasteiger partial charge in [0.1, 0.15) is 0 Å². The number of nitrogens with zero attached hydrogens (tertiary/aromatic N) is 4. The first-order valence-corrected chi connectivity index (χ1v) is 6.56. The van der Waals surface area contributed by atoms with Gasteiger partial charge in [-0.1, -0.05) is 6.92 Å². The number of aryl methyl sites for hydroxylation is 2. The molecule has 102 valence electrons. The van der Waals surface area contributed by atoms with Crippen LogP contribution in [0, 0.1) is 0 Å². The topological polar surface area (TPSA) is 64.7 Å². The van der Waals surface area contributed by atoms with E-state index in [9.17, 15) is 4.79 Å². The molecule has 0 aromatic carbocycles. The molecule has 6 heteroatoms. The summed E-state index contributed by atoms with van der Waals surface area (Å²) >= 11 is 0. The minimum absolute atomic E-state index is 0.0632. The van der Waals surface area contributed by atoms with Crippen LogP contribution in [0.25, 0.3) is 0 Å². The molecule has 2 heterocycles. The summed E-state index contributed by atoms with van der Waals surface area (Å²) in [5, 5.41) is 7.32. The van der Waals surface area contributed by atoms with E-state index in [-0.39, 0.29) is 5.56 Å². The number of anilines is 1. The molecule has 0 aliphatic rings. The summed E-state index contributed by atoms with van der Waals surface area (Å²) in [7, 11) is 0. The first-order chi connectivity index (χ1) is 9.29. The predicted octanol–water partition coefficient (Wildman–Crippen LogP) is 1.35. The van der Waals surface area contributed by atoms with Gasteiger partial charge in [0.2, 0.25) is 0 Å². The second kappa shape index (κ2) is 6.72. The molecule has 6 nitrogen and oxygen atoms in total. The predicted molar refractivity (Wildman–Crippen MR) is 74.1 cm³/mol. The van der Waals surface area contributed by atoms with Gasteiger partial charge in [-0.2, -0.15) is 5.10 Å². The van der Waals surface area contributed by atoms with Crippen LogP contribution in [0.2, 0.25) is 0 Å². The van der Waals surface area contributed by atoms with Crippen molar-refractivity contribution in [2.45, 2.75) is 32.9 Å². The Morgan fingerprint density at radius 3 is 2.95 bits per heavy atom. The third-order valence-corrected chi connectivity index (χ3v) is 2.79. The van der Waals surface area contributed by atoms with Gasteiger partial charge in [-0.3, -0.25) is 4.79 Å². The monoisotopic (exact) mass is 261 g/mol. The van der Waals surface area contributed by atoms with Crippen molar-refractivity contribution in [3.8, 4) is 0 Å². The maximum absolute atomic E-state index is 11.8. The first-order valence-electron chi connectivity index (χ1n) is 6.56. The van der Waals surface area contributed by atoms with E-state index in [1.807, 2.05) is 10.8 Å². The molecule has 19 heavy (non-hydrogen) atoms. The quantitative estimate of drug-likeness (QED) is 0.817. The Hall–Kier alpha value is -2.11. The molecule has 0 saturated carbocycles. The van der Waals surface area contributed by atoms with E-state index in [0.29, 0.717) is 6.54 Å². The Labute approximate surface area is 112 Å². The van der Waals surface area contributed by atoms with Crippen LogP contribution in [-0.4, -0.2) is 25.9 Å². The minimum Gasteiger partial charge on any atom is -0.384 e. The number of rotatable bonds is 7. The van der Waals surface area contributed by atoms with E-state index >= 15 is 0 Å². The highest BCUT2D eigenvalue weighted by molar-refractivity contribution is 5.38. The molecule has 0 atom stereocenters. The summed E-state index contributed by atoms with van der Waals surface area (Å²) in [6.07, 6.45) is 9.01. The summed E-state index contributed by atoms with van der Waals surface area (Å²) in [4.78, 5) is 15.8. The second-order valence-corrected chi connectivity index (χ2v) is 4.39. The van der Waals surface area contributed by atoms with Gasteiger partial charge in [-0.15, -0.1) is 0 Å². The highest BCUT2D eigenvalue weighted by atomic mass is 16.1. The van der Waals surface area contributed by atoms with E-state index in [0.717, 1.165) is 31.6 Å². The van der Waals surface area contributed by atoms with Crippen molar-refractivity contribution in [3.63, 3.8) is 0 Å². The fraction of sp³-hybridized carbons (Fsp3) is 0.462. The normalized spacial score (nSPS) is 10.6. The zero-order valence-electron chi connectivity index (χ0n) is 11.1. The Bertz CT molecular complexity index is 546. The van der Waals surface area contributed by atoms with Gasteiger partial charge in [0, 0.05) is 38.1 Å². The Balaban J connectivity index is 1.88. The van der Waals surface area contributed by atoms with Crippen LogP contribution in [0.5, 0.6) is 0 Å². The lowest BCUT2D eigenvalue weighted by atomic mass is 10.4. The maximum atomic E-state index is 11.8. The Morgan fingerprint density at radius 2 is 2.26 bits per heavy atom. The lowest BCUT2D eigenvalue weighted by Crippen LogP contribution is -2.23. The molecule has 2 aromatic rings. The van der Waals surface area contributed by atoms with Crippen LogP contribution < -0.4 is 10.9 Å². The van der Waals surface area contributed by atoms with Gasteiger partial charge in [0.15, 0.2) is 0 Å². The SMILES string of the molecule is CCCNc1cnn(CCCn2ccnc2)c(=O)c1. The van der Waals surface area contributed by atoms with Gasteiger partial charge >= 0.3 is 0 Å². The van der Waals surface area contributed by atoms with Crippen molar-refractivity contribution < 1.29 is 0 Å². The Kier molecular flexibility index (Phi) is 4.72. The summed E-state index contributed by atoms with van der Waals surface area (Å²) in [6.45, 7) is 4.39. The summed E-state index contributed by atoms with van der Waals surface area (Å²) in [5.41, 5.74) is 0.726. The van der Waals surface area contributed by atoms with Gasteiger partial charge in [-0.25, -0.2) is 9.67 Å². The molecule has 0 aliphatic heterocycles. The molecular formula is C13H19N5O. The lowest BCUT2D eigenvalue weighted by molar-refractivity contribution is 0.507. The van der Waals surface area contributed by atoms with Crippen molar-refractivity contribution in [2.75, 3.05) is 11.9 Å². The lowest BCUT2D eigenvalue weighted by Gasteiger charge is -2.07. The summed E-state index contributed by atoms with van der Waals surface area (Å²) < 4.78 is 3.48. The highest BCUT2D eigenvalue weighted by Gasteiger charge is 2.00. The standard InChI is InChI=1S/C13H19N5O/c1-2-4-15-12-9-13(19)18(16-10-12)7-3-6-17-8-5-14-11-17/h5,8-11,15H,2-4,6-7H2,1H3. The third-order valence-electron chi connectivity index (χ3n) is 2.79. The van der Waals surface area contributed by atoms with Crippen LogP contribution in [-0.2, 0) is 13.1 Å². The van der Waals surface area contributed by atoms with Gasteiger partial charge in [0.05, 0.1) is 18.2 Å². The third kappa shape index (κ3) is 3.94. The molecule has 0 amide bonds. The molecule has 1 N–H and O–H groups in total. The van der Waals surface area contributed by atoms with Crippen molar-refractivity contribution in [1.29, 1.82) is 0 Å². The number of hydrogen-bond acceptors (Lipinski definition) is 4. The van der Waals surface area contributed by atoms with Gasteiger partial charge < -0.3 is 9.88 Å². The zero-order chi connectivity index (χ0) is 13.5. The molecule has 0 fully saturated rings. The molecule has 0 unspecified atom stereocenters. The summed E-state index contributed by atoms with van der Waals surface area (Å²) in [5.74, 6) is 0. The highest BCUT2D eigenvalue weighted by Crippen LogP contribution is 2.00. The van der Waals surface area contributed by atoms with Gasteiger partial charge in [0.25, 0.3) is 5.56 Å². The van der Waals surface area contributed by atoms with Crippen LogP contribution in [0.4, 0.5) is 5.69 Å². The molecule has 0 bridgehead atoms. The number of aromatic nitrogens is 4. The van der Waals surface area contributed by atoms with Crippen molar-refractivity contribution in [2.24, 2.45) is 0 Å². The number of imidazole rings is 1. The molecule has 0 saturated heterocycles. The number of hydrogen-bond donors (Lipinski definition) is 1. The minimum atomic E-state index is -0.0632. The number of nitrogens with one attached hydrogen (secondary N) is 1. The summed E-state index contributed by atoms with van der Waals surface area (Å²) in [6, 6.07) is 1.60. The van der Waals surface area contributed by atoms with E-state index < -0.39 is 0 Å². The van der Waals surface area contributed by atoms with Crippen LogP contribution in [0.3, 0.4) is 0 Å². The second-order valence-electron chi connectivity index (χ2n) is 4.39. The van der Waals surface area contributed by atoms with E-state index in [1.54, 1.807) is 24.8 Å². The molecule has 2 rings (SSSR count). The van der Waals surface area contributed by atoms with E-state index in [1.165, 1.54) is 4.68 Å². The van der Waals surface area contributed by atoms with Crippen LogP contribution in [0.1, 0.15) is 19.8 Å². The van der Waals surface area contributed by atoms with Crippen molar-refractivity contribution in [3.05, 3.63) is 41.3 Å². The fourth-order valence-corrected chi connectivity index (χ4v) is 1.79. The van der Waals surface area contributed by atoms with E-state index in [2.05, 4.69) is 22.3 Å². The average molecular weight is 261 g/mol. The molecule has 2 aromatic heterocycles. The van der Waals surface area contributed by atoms with Crippen molar-refractivity contribution >= 4 is 5.69 Å². The molecular weight excluding hydrogens is 242 g/mol. The van der Waals surface area contributed by atoms with Gasteiger partial charge in [-0.05, 0) is 12.8 Å². The average Bonchev–Trinajstić information content (AvgIpc) is 2.92. The van der Waals surface area contributed by atoms with Crippen LogP contribution in [0.15, 0.2) is 35.8 Å². The smallest absolute Gasteiger partial charge is 0.268 e. The fourth-order valence-electron chi connectivity index (χ4n) is 1.79. The van der Waals surface area contributed by atoms with Crippen LogP contribution >= 0.6 is 0 Å². The zero-order valence-corrected chi connectivity index (χ0v) is 11.1. The largest absolute Gasteiger partial charge is 0.384 e. The maximum Gasteiger partial charge on any atom is 0.268 e. The van der Waals surface area contributed by atoms with Crippen molar-refractivity contribution in [1.82, 2.24) is 19.3 Å². The molecule has 0 aliphatic carbocycles.